The van der Waals surface area contributed by atoms with E-state index in [1.165, 1.54) is 0 Å². The lowest BCUT2D eigenvalue weighted by atomic mass is 10.3. The van der Waals surface area contributed by atoms with Crippen LogP contribution in [0.15, 0.2) is 29.2 Å². The first-order chi connectivity index (χ1) is 10.1. The average Bonchev–Trinajstić information content (AvgIpc) is 2.21. The standard InChI is InChI=1S/C8H12NO5PS2/c1-12-15(16,13-2)14-7-3-5-8(6-4-7)17(9,10)11/h3-6H,1-2H3,(H2,9,10,11)/i1D3,2D3. The van der Waals surface area contributed by atoms with Gasteiger partial charge in [0.1, 0.15) is 5.75 Å². The maximum Gasteiger partial charge on any atom is 0.380 e. The molecule has 0 fully saturated rings. The third-order valence-electron chi connectivity index (χ3n) is 1.59. The van der Waals surface area contributed by atoms with Gasteiger partial charge in [0.15, 0.2) is 0 Å². The molecule has 0 amide bonds. The molecule has 1 aromatic carbocycles. The molecular weight excluding hydrogens is 285 g/mol. The van der Waals surface area contributed by atoms with Gasteiger partial charge >= 0.3 is 6.72 Å². The van der Waals surface area contributed by atoms with Crippen molar-refractivity contribution in [2.75, 3.05) is 14.1 Å². The Morgan fingerprint density at radius 2 is 1.82 bits per heavy atom. The molecule has 96 valence electrons. The third kappa shape index (κ3) is 4.02. The molecule has 1 rings (SSSR count). The van der Waals surface area contributed by atoms with Crippen LogP contribution in [0.4, 0.5) is 0 Å². The van der Waals surface area contributed by atoms with Crippen molar-refractivity contribution < 1.29 is 30.2 Å². The Kier molecular flexibility index (Phi) is 2.50. The Morgan fingerprint density at radius 3 is 2.24 bits per heavy atom. The lowest BCUT2D eigenvalue weighted by Gasteiger charge is -2.18. The van der Waals surface area contributed by atoms with Gasteiger partial charge in [0.2, 0.25) is 10.0 Å². The maximum atomic E-state index is 11.1. The van der Waals surface area contributed by atoms with Crippen LogP contribution in [0, 0.1) is 0 Å². The number of hydrogen-bond donors (Lipinski definition) is 1. The van der Waals surface area contributed by atoms with E-state index in [4.69, 9.17) is 29.7 Å². The monoisotopic (exact) mass is 303 g/mol. The van der Waals surface area contributed by atoms with Gasteiger partial charge in [-0.3, -0.25) is 0 Å². The van der Waals surface area contributed by atoms with Gasteiger partial charge in [-0.1, -0.05) is 0 Å². The number of hydrogen-bond acceptors (Lipinski definition) is 6. The molecule has 0 atom stereocenters. The predicted octanol–water partition coefficient (Wildman–Crippen LogP) is 1.23. The molecule has 0 bridgehead atoms. The first-order valence-electron chi connectivity index (χ1n) is 6.94. The Balaban J connectivity index is 3.08. The van der Waals surface area contributed by atoms with Crippen LogP contribution in [0.1, 0.15) is 8.22 Å². The van der Waals surface area contributed by atoms with Gasteiger partial charge in [0.05, 0.1) is 13.1 Å². The summed E-state index contributed by atoms with van der Waals surface area (Å²) in [6, 6.07) is 4.34. The molecule has 0 aliphatic carbocycles. The molecule has 2 N–H and O–H groups in total. The molecule has 0 aliphatic rings. The van der Waals surface area contributed by atoms with Gasteiger partial charge < -0.3 is 13.6 Å². The summed E-state index contributed by atoms with van der Waals surface area (Å²) < 4.78 is 78.3. The van der Waals surface area contributed by atoms with Crippen LogP contribution >= 0.6 is 6.72 Å². The molecule has 0 saturated carbocycles. The topological polar surface area (TPSA) is 87.9 Å². The number of primary sulfonamides is 1. The molecule has 17 heavy (non-hydrogen) atoms. The van der Waals surface area contributed by atoms with Crippen LogP contribution in [-0.4, -0.2) is 22.5 Å². The van der Waals surface area contributed by atoms with Crippen molar-refractivity contribution in [1.29, 1.82) is 0 Å². The van der Waals surface area contributed by atoms with E-state index in [2.05, 4.69) is 9.05 Å². The number of nitrogens with two attached hydrogens (primary N) is 1. The Labute approximate surface area is 113 Å². The Bertz CT molecular complexity index is 681. The van der Waals surface area contributed by atoms with Gasteiger partial charge in [-0.2, -0.15) is 0 Å². The minimum absolute atomic E-state index is 0.144. The van der Waals surface area contributed by atoms with Crippen molar-refractivity contribution in [3.63, 3.8) is 0 Å². The normalized spacial score (nSPS) is 19.1. The van der Waals surface area contributed by atoms with E-state index in [1.807, 2.05) is 0 Å². The minimum Gasteiger partial charge on any atom is -0.424 e. The van der Waals surface area contributed by atoms with Crippen LogP contribution in [0.3, 0.4) is 0 Å². The lowest BCUT2D eigenvalue weighted by molar-refractivity contribution is 0.273. The van der Waals surface area contributed by atoms with Crippen LogP contribution in [0.25, 0.3) is 0 Å². The third-order valence-corrected chi connectivity index (χ3v) is 4.07. The van der Waals surface area contributed by atoms with Crippen molar-refractivity contribution in [3.8, 4) is 5.75 Å². The van der Waals surface area contributed by atoms with E-state index in [9.17, 15) is 8.42 Å². The number of benzene rings is 1. The molecule has 0 aromatic heterocycles. The van der Waals surface area contributed by atoms with Gasteiger partial charge in [-0.25, -0.2) is 13.6 Å². The maximum absolute atomic E-state index is 11.1. The highest BCUT2D eigenvalue weighted by molar-refractivity contribution is 8.07. The van der Waals surface area contributed by atoms with E-state index in [1.54, 1.807) is 0 Å². The van der Waals surface area contributed by atoms with E-state index in [-0.39, 0.29) is 10.6 Å². The summed E-state index contributed by atoms with van der Waals surface area (Å²) in [6.45, 7) is -4.21. The summed E-state index contributed by atoms with van der Waals surface area (Å²) >= 11 is 4.77. The fourth-order valence-electron chi connectivity index (χ4n) is 0.875. The molecule has 0 radical (unpaired) electrons. The predicted molar refractivity (Wildman–Crippen MR) is 66.7 cm³/mol. The summed E-state index contributed by atoms with van der Waals surface area (Å²) in [5.41, 5.74) is 0. The summed E-state index contributed by atoms with van der Waals surface area (Å²) in [7, 11) is -10.0. The quantitative estimate of drug-likeness (QED) is 0.823. The lowest BCUT2D eigenvalue weighted by Crippen LogP contribution is -2.11. The molecule has 0 heterocycles. The second-order valence-electron chi connectivity index (χ2n) is 2.74. The molecule has 9 heteroatoms. The fraction of sp³-hybridized carbons (Fsp3) is 0.250. The second kappa shape index (κ2) is 5.43. The van der Waals surface area contributed by atoms with Crippen molar-refractivity contribution in [1.82, 2.24) is 0 Å². The van der Waals surface area contributed by atoms with Gasteiger partial charge in [-0.15, -0.1) is 0 Å². The minimum atomic E-state index is -4.21. The van der Waals surface area contributed by atoms with E-state index in [0.717, 1.165) is 24.3 Å². The summed E-state index contributed by atoms with van der Waals surface area (Å²) in [4.78, 5) is -0.230. The van der Waals surface area contributed by atoms with Crippen LogP contribution in [-0.2, 0) is 30.9 Å². The largest absolute Gasteiger partial charge is 0.424 e. The van der Waals surface area contributed by atoms with Crippen molar-refractivity contribution in [3.05, 3.63) is 24.3 Å². The van der Waals surface area contributed by atoms with E-state index < -0.39 is 30.8 Å². The Morgan fingerprint density at radius 1 is 1.29 bits per heavy atom. The van der Waals surface area contributed by atoms with Crippen molar-refractivity contribution >= 4 is 28.5 Å². The van der Waals surface area contributed by atoms with Gasteiger partial charge in [-0.05, 0) is 24.3 Å². The van der Waals surface area contributed by atoms with Crippen molar-refractivity contribution in [2.45, 2.75) is 4.90 Å². The molecule has 1 aromatic rings. The average molecular weight is 303 g/mol. The molecule has 0 saturated heterocycles. The molecule has 6 nitrogen and oxygen atoms in total. The molecule has 0 unspecified atom stereocenters. The summed E-state index contributed by atoms with van der Waals surface area (Å²) in [5, 5.41) is 4.92. The smallest absolute Gasteiger partial charge is 0.380 e. The molecular formula is C8H12NO5PS2. The van der Waals surface area contributed by atoms with Crippen LogP contribution in [0.2, 0.25) is 0 Å². The second-order valence-corrected chi connectivity index (χ2v) is 7.08. The SMILES string of the molecule is [2H]C([2H])([2H])OP(=S)(Oc1ccc(S(N)(=O)=O)cc1)OC([2H])([2H])[2H]. The van der Waals surface area contributed by atoms with E-state index in [0.29, 0.717) is 0 Å². The summed E-state index contributed by atoms with van der Waals surface area (Å²) in [6.07, 6.45) is 0. The zero-order chi connectivity index (χ0) is 18.1. The zero-order valence-electron chi connectivity index (χ0n) is 14.2. The molecule has 0 aliphatic heterocycles. The summed E-state index contributed by atoms with van der Waals surface area (Å²) in [5.74, 6) is -0.144. The van der Waals surface area contributed by atoms with Crippen molar-refractivity contribution in [2.24, 2.45) is 5.14 Å². The van der Waals surface area contributed by atoms with Gasteiger partial charge in [0.25, 0.3) is 0 Å². The van der Waals surface area contributed by atoms with Gasteiger partial charge in [0, 0.05) is 25.9 Å². The Hall–Kier alpha value is -0.500. The fourth-order valence-corrected chi connectivity index (χ4v) is 2.14. The van der Waals surface area contributed by atoms with E-state index >= 15 is 0 Å². The van der Waals surface area contributed by atoms with Crippen LogP contribution in [0.5, 0.6) is 5.75 Å². The highest BCUT2D eigenvalue weighted by Gasteiger charge is 2.18. The molecule has 0 spiro atoms. The highest BCUT2D eigenvalue weighted by atomic mass is 32.5. The zero-order valence-corrected chi connectivity index (χ0v) is 10.7. The number of sulfonamides is 1. The first kappa shape index (κ1) is 7.83. The first-order valence-corrected chi connectivity index (χ1v) is 8.04. The van der Waals surface area contributed by atoms with Crippen LogP contribution < -0.4 is 9.66 Å². The highest BCUT2D eigenvalue weighted by Crippen LogP contribution is 2.48. The number of rotatable bonds is 5.